The fraction of sp³-hybridized carbons (Fsp3) is 0.368. The minimum atomic E-state index is -0.146. The number of hydrogen-bond donors (Lipinski definition) is 2. The zero-order chi connectivity index (χ0) is 20.5. The first-order chi connectivity index (χ1) is 14.2. The molecule has 0 radical (unpaired) electrons. The van der Waals surface area contributed by atoms with Crippen molar-refractivity contribution in [1.29, 1.82) is 0 Å². The van der Waals surface area contributed by atoms with Crippen LogP contribution in [-0.4, -0.2) is 45.4 Å². The number of nitrogens with two attached hydrogens (primary N) is 1. The summed E-state index contributed by atoms with van der Waals surface area (Å²) in [6.45, 7) is 3.28. The van der Waals surface area contributed by atoms with E-state index in [1.54, 1.807) is 24.3 Å². The molecule has 3 rings (SSSR count). The van der Waals surface area contributed by atoms with Crippen molar-refractivity contribution in [2.45, 2.75) is 29.9 Å². The van der Waals surface area contributed by atoms with E-state index < -0.39 is 0 Å². The maximum absolute atomic E-state index is 11.1. The Kier molecular flexibility index (Phi) is 8.17. The fourth-order valence-corrected chi connectivity index (χ4v) is 4.55. The van der Waals surface area contributed by atoms with Crippen molar-refractivity contribution in [3.05, 3.63) is 48.0 Å². The van der Waals surface area contributed by atoms with Crippen LogP contribution in [0.5, 0.6) is 0 Å². The molecule has 2 aromatic heterocycles. The van der Waals surface area contributed by atoms with E-state index in [-0.39, 0.29) is 5.91 Å². The van der Waals surface area contributed by atoms with E-state index >= 15 is 0 Å². The van der Waals surface area contributed by atoms with Gasteiger partial charge in [0.05, 0.1) is 12.9 Å². The van der Waals surface area contributed by atoms with Crippen LogP contribution in [0.2, 0.25) is 0 Å². The minimum Gasteiger partial charge on any atom is -0.380 e. The molecule has 0 aliphatic rings. The second-order valence-corrected chi connectivity index (χ2v) is 8.47. The number of aryl methyl sites for hydroxylation is 1. The van der Waals surface area contributed by atoms with Crippen LogP contribution in [0.15, 0.2) is 41.3 Å². The number of imidazole rings is 1. The van der Waals surface area contributed by atoms with Gasteiger partial charge in [0.15, 0.2) is 4.34 Å². The van der Waals surface area contributed by atoms with Crippen LogP contribution in [0.4, 0.5) is 5.13 Å². The van der Waals surface area contributed by atoms with Gasteiger partial charge in [0.1, 0.15) is 0 Å². The highest BCUT2D eigenvalue weighted by molar-refractivity contribution is 8.00. The monoisotopic (exact) mass is 432 g/mol. The molecule has 2 heterocycles. The average Bonchev–Trinajstić information content (AvgIpc) is 3.38. The molecule has 0 fully saturated rings. The summed E-state index contributed by atoms with van der Waals surface area (Å²) in [5, 5.41) is 11.3. The maximum Gasteiger partial charge on any atom is 0.223 e. The summed E-state index contributed by atoms with van der Waals surface area (Å²) >= 11 is 2.99. The van der Waals surface area contributed by atoms with Gasteiger partial charge in [-0.15, -0.1) is 10.2 Å². The Balaban J connectivity index is 1.68. The Morgan fingerprint density at radius 2 is 2.21 bits per heavy atom. The highest BCUT2D eigenvalue weighted by Crippen LogP contribution is 2.30. The standard InChI is InChI=1S/C19H24N6O2S2/c1-14(26)22-18-23-24-19(29-18)28-12-16-4-5-17(25-8-7-21-13-25)11-15(16)3-2-9-27-10-6-20/h4-5,7-8,11,13H,2-3,6,9-10,12,20H2,1H3,(H,22,23,26). The number of amides is 1. The lowest BCUT2D eigenvalue weighted by atomic mass is 10.0. The summed E-state index contributed by atoms with van der Waals surface area (Å²) in [6.07, 6.45) is 7.34. The van der Waals surface area contributed by atoms with Crippen LogP contribution in [0.1, 0.15) is 24.5 Å². The van der Waals surface area contributed by atoms with Gasteiger partial charge in [0.2, 0.25) is 11.0 Å². The van der Waals surface area contributed by atoms with Crippen molar-refractivity contribution in [2.24, 2.45) is 5.73 Å². The van der Waals surface area contributed by atoms with Gasteiger partial charge in [-0.1, -0.05) is 29.2 Å². The molecule has 154 valence electrons. The van der Waals surface area contributed by atoms with Gasteiger partial charge >= 0.3 is 0 Å². The SMILES string of the molecule is CC(=O)Nc1nnc(SCc2ccc(-n3ccnc3)cc2CCCOCCN)s1. The van der Waals surface area contributed by atoms with E-state index in [0.717, 1.165) is 28.6 Å². The number of aromatic nitrogens is 4. The van der Waals surface area contributed by atoms with Crippen LogP contribution >= 0.6 is 23.1 Å². The third kappa shape index (κ3) is 6.64. The van der Waals surface area contributed by atoms with Crippen molar-refractivity contribution in [3.63, 3.8) is 0 Å². The summed E-state index contributed by atoms with van der Waals surface area (Å²) in [5.41, 5.74) is 9.07. The molecular formula is C19H24N6O2S2. The Labute approximate surface area is 177 Å². The largest absolute Gasteiger partial charge is 0.380 e. The predicted molar refractivity (Wildman–Crippen MR) is 116 cm³/mol. The van der Waals surface area contributed by atoms with Crippen LogP contribution in [0.3, 0.4) is 0 Å². The second-order valence-electron chi connectivity index (χ2n) is 6.27. The molecule has 0 aliphatic heterocycles. The van der Waals surface area contributed by atoms with Crippen LogP contribution in [0.25, 0.3) is 5.69 Å². The number of carbonyl (C=O) groups is 1. The minimum absolute atomic E-state index is 0.146. The molecule has 29 heavy (non-hydrogen) atoms. The first-order valence-electron chi connectivity index (χ1n) is 9.27. The van der Waals surface area contributed by atoms with E-state index in [4.69, 9.17) is 10.5 Å². The van der Waals surface area contributed by atoms with E-state index in [9.17, 15) is 4.79 Å². The van der Waals surface area contributed by atoms with Gasteiger partial charge < -0.3 is 20.4 Å². The molecule has 3 aromatic rings. The second kappa shape index (κ2) is 11.1. The Morgan fingerprint density at radius 3 is 2.97 bits per heavy atom. The molecule has 10 heteroatoms. The van der Waals surface area contributed by atoms with Crippen LogP contribution in [-0.2, 0) is 21.7 Å². The van der Waals surface area contributed by atoms with Crippen molar-refractivity contribution in [2.75, 3.05) is 25.1 Å². The van der Waals surface area contributed by atoms with Gasteiger partial charge in [-0.2, -0.15) is 0 Å². The number of carbonyl (C=O) groups excluding carboxylic acids is 1. The van der Waals surface area contributed by atoms with Crippen LogP contribution < -0.4 is 11.1 Å². The number of thioether (sulfide) groups is 1. The molecule has 0 unspecified atom stereocenters. The Hall–Kier alpha value is -2.27. The molecule has 0 saturated heterocycles. The van der Waals surface area contributed by atoms with Gasteiger partial charge in [-0.05, 0) is 36.1 Å². The topological polar surface area (TPSA) is 108 Å². The number of ether oxygens (including phenoxy) is 1. The summed E-state index contributed by atoms with van der Waals surface area (Å²) < 4.78 is 8.33. The third-order valence-electron chi connectivity index (χ3n) is 4.03. The van der Waals surface area contributed by atoms with Gasteiger partial charge in [0.25, 0.3) is 0 Å². The molecule has 0 saturated carbocycles. The third-order valence-corrected chi connectivity index (χ3v) is 6.05. The lowest BCUT2D eigenvalue weighted by molar-refractivity contribution is -0.114. The van der Waals surface area contributed by atoms with E-state index in [2.05, 4.69) is 38.7 Å². The molecular weight excluding hydrogens is 408 g/mol. The smallest absolute Gasteiger partial charge is 0.223 e. The van der Waals surface area contributed by atoms with Gasteiger partial charge in [-0.25, -0.2) is 4.98 Å². The molecule has 8 nitrogen and oxygen atoms in total. The Bertz CT molecular complexity index is 913. The Morgan fingerprint density at radius 1 is 1.31 bits per heavy atom. The van der Waals surface area contributed by atoms with E-state index in [0.29, 0.717) is 24.9 Å². The lowest BCUT2D eigenvalue weighted by Crippen LogP contribution is -2.09. The van der Waals surface area contributed by atoms with Crippen molar-refractivity contribution in [1.82, 2.24) is 19.7 Å². The molecule has 1 amide bonds. The number of nitrogens with zero attached hydrogens (tertiary/aromatic N) is 4. The van der Waals surface area contributed by atoms with Gasteiger partial charge in [0, 0.05) is 43.9 Å². The van der Waals surface area contributed by atoms with Crippen molar-refractivity contribution >= 4 is 34.1 Å². The van der Waals surface area contributed by atoms with E-state index in [1.165, 1.54) is 29.4 Å². The van der Waals surface area contributed by atoms with Crippen LogP contribution in [0, 0.1) is 0 Å². The number of nitrogens with one attached hydrogen (secondary N) is 1. The molecule has 3 N–H and O–H groups in total. The molecule has 0 spiro atoms. The number of rotatable bonds is 11. The summed E-state index contributed by atoms with van der Waals surface area (Å²) in [7, 11) is 0. The van der Waals surface area contributed by atoms with E-state index in [1.807, 2.05) is 10.8 Å². The first-order valence-corrected chi connectivity index (χ1v) is 11.1. The average molecular weight is 433 g/mol. The highest BCUT2D eigenvalue weighted by atomic mass is 32.2. The summed E-state index contributed by atoms with van der Waals surface area (Å²) in [6, 6.07) is 6.44. The zero-order valence-corrected chi connectivity index (χ0v) is 17.8. The maximum atomic E-state index is 11.1. The normalized spacial score (nSPS) is 11.0. The highest BCUT2D eigenvalue weighted by Gasteiger charge is 2.10. The predicted octanol–water partition coefficient (Wildman–Crippen LogP) is 2.88. The first kappa shape index (κ1) is 21.4. The van der Waals surface area contributed by atoms with Crippen molar-refractivity contribution < 1.29 is 9.53 Å². The fourth-order valence-electron chi connectivity index (χ4n) is 2.72. The molecule has 0 aliphatic carbocycles. The molecule has 0 bridgehead atoms. The summed E-state index contributed by atoms with van der Waals surface area (Å²) in [5.74, 6) is 0.629. The molecule has 1 aromatic carbocycles. The zero-order valence-electron chi connectivity index (χ0n) is 16.2. The number of benzene rings is 1. The van der Waals surface area contributed by atoms with Crippen molar-refractivity contribution in [3.8, 4) is 5.69 Å². The lowest BCUT2D eigenvalue weighted by Gasteiger charge is -2.12. The summed E-state index contributed by atoms with van der Waals surface area (Å²) in [4.78, 5) is 15.3. The van der Waals surface area contributed by atoms with Gasteiger partial charge in [-0.3, -0.25) is 4.79 Å². The number of anilines is 1. The molecule has 0 atom stereocenters. The quantitative estimate of drug-likeness (QED) is 0.272. The number of hydrogen-bond acceptors (Lipinski definition) is 8.